The van der Waals surface area contributed by atoms with Crippen LogP contribution in [0.1, 0.15) is 0 Å². The van der Waals surface area contributed by atoms with E-state index in [4.69, 9.17) is 4.74 Å². The summed E-state index contributed by atoms with van der Waals surface area (Å²) >= 11 is 0. The minimum absolute atomic E-state index is 0.00551. The van der Waals surface area contributed by atoms with Crippen LogP contribution >= 0.6 is 7.60 Å². The highest BCUT2D eigenvalue weighted by Gasteiger charge is 2.22. The number of carbonyl (C=O) groups is 1. The van der Waals surface area contributed by atoms with E-state index in [0.29, 0.717) is 5.69 Å². The average Bonchev–Trinajstić information content (AvgIpc) is 2.45. The Hall–Kier alpha value is -2.14. The maximum Gasteiger partial charge on any atom is 0.359 e. The van der Waals surface area contributed by atoms with Crippen molar-refractivity contribution >= 4 is 24.5 Å². The van der Waals surface area contributed by atoms with E-state index >= 15 is 0 Å². The van der Waals surface area contributed by atoms with Crippen molar-refractivity contribution in [3.05, 3.63) is 54.6 Å². The predicted octanol–water partition coefficient (Wildman–Crippen LogP) is 1.51. The predicted molar refractivity (Wildman–Crippen MR) is 78.7 cm³/mol. The van der Waals surface area contributed by atoms with Crippen LogP contribution in [0.4, 0.5) is 5.69 Å². The van der Waals surface area contributed by atoms with Crippen LogP contribution < -0.4 is 15.4 Å². The van der Waals surface area contributed by atoms with Gasteiger partial charge >= 0.3 is 7.60 Å². The zero-order valence-electron chi connectivity index (χ0n) is 11.0. The standard InChI is InChI=1S/C14H14NO5P/c16-14(15-11-6-2-1-3-7-11)10-20-12-8-4-5-9-13(12)21(17,18)19/h1-9H,10H2,(H,15,16)(H2,17,18,19). The van der Waals surface area contributed by atoms with Gasteiger partial charge in [0.25, 0.3) is 5.91 Å². The van der Waals surface area contributed by atoms with Gasteiger partial charge in [-0.15, -0.1) is 0 Å². The fraction of sp³-hybridized carbons (Fsp3) is 0.0714. The van der Waals surface area contributed by atoms with E-state index in [1.807, 2.05) is 6.07 Å². The van der Waals surface area contributed by atoms with E-state index in [9.17, 15) is 19.1 Å². The Labute approximate surface area is 121 Å². The fourth-order valence-corrected chi connectivity index (χ4v) is 2.39. The molecule has 0 spiro atoms. The lowest BCUT2D eigenvalue weighted by atomic mass is 10.3. The first-order valence-corrected chi connectivity index (χ1v) is 7.71. The SMILES string of the molecule is O=C(COc1ccccc1P(=O)(O)O)Nc1ccccc1. The molecule has 1 amide bonds. The van der Waals surface area contributed by atoms with E-state index in [2.05, 4.69) is 5.32 Å². The van der Waals surface area contributed by atoms with E-state index in [0.717, 1.165) is 0 Å². The maximum absolute atomic E-state index is 11.7. The van der Waals surface area contributed by atoms with Crippen LogP contribution in [-0.2, 0) is 9.36 Å². The van der Waals surface area contributed by atoms with Crippen LogP contribution in [0, 0.1) is 0 Å². The summed E-state index contributed by atoms with van der Waals surface area (Å²) in [5.74, 6) is -0.421. The van der Waals surface area contributed by atoms with Gasteiger partial charge in [-0.05, 0) is 24.3 Å². The normalized spacial score (nSPS) is 11.0. The smallest absolute Gasteiger partial charge is 0.359 e. The van der Waals surface area contributed by atoms with Gasteiger partial charge in [0.05, 0.1) is 0 Å². The molecule has 0 aliphatic carbocycles. The molecule has 0 radical (unpaired) electrons. The Kier molecular flexibility index (Phi) is 4.75. The first kappa shape index (κ1) is 15.3. The van der Waals surface area contributed by atoms with Gasteiger partial charge in [0, 0.05) is 5.69 Å². The lowest BCUT2D eigenvalue weighted by Crippen LogP contribution is -2.22. The monoisotopic (exact) mass is 307 g/mol. The molecule has 0 aromatic heterocycles. The molecule has 0 saturated carbocycles. The third kappa shape index (κ3) is 4.43. The van der Waals surface area contributed by atoms with Gasteiger partial charge in [0.2, 0.25) is 0 Å². The topological polar surface area (TPSA) is 95.9 Å². The van der Waals surface area contributed by atoms with Gasteiger partial charge in [0.15, 0.2) is 6.61 Å². The summed E-state index contributed by atoms with van der Waals surface area (Å²) in [7, 11) is -4.44. The van der Waals surface area contributed by atoms with Crippen molar-refractivity contribution in [3.63, 3.8) is 0 Å². The molecular formula is C14H14NO5P. The van der Waals surface area contributed by atoms with Crippen molar-refractivity contribution in [2.75, 3.05) is 11.9 Å². The summed E-state index contributed by atoms with van der Waals surface area (Å²) in [4.78, 5) is 30.1. The van der Waals surface area contributed by atoms with Gasteiger partial charge in [-0.2, -0.15) is 0 Å². The lowest BCUT2D eigenvalue weighted by Gasteiger charge is -2.12. The molecule has 0 atom stereocenters. The fourth-order valence-electron chi connectivity index (χ4n) is 1.68. The van der Waals surface area contributed by atoms with Gasteiger partial charge in [0.1, 0.15) is 11.1 Å². The highest BCUT2D eigenvalue weighted by molar-refractivity contribution is 7.60. The first-order chi connectivity index (χ1) is 9.97. The van der Waals surface area contributed by atoms with Crippen molar-refractivity contribution in [2.24, 2.45) is 0 Å². The summed E-state index contributed by atoms with van der Waals surface area (Å²) in [5, 5.41) is 2.37. The number of anilines is 1. The third-order valence-electron chi connectivity index (χ3n) is 2.60. The summed E-state index contributed by atoms with van der Waals surface area (Å²) in [6.07, 6.45) is 0. The number of amides is 1. The van der Waals surface area contributed by atoms with Crippen LogP contribution in [0.3, 0.4) is 0 Å². The van der Waals surface area contributed by atoms with Crippen molar-refractivity contribution < 1.29 is 23.9 Å². The van der Waals surface area contributed by atoms with Crippen molar-refractivity contribution in [1.82, 2.24) is 0 Å². The minimum Gasteiger partial charge on any atom is -0.483 e. The molecule has 7 heteroatoms. The molecule has 0 aliphatic heterocycles. The molecule has 2 rings (SSSR count). The highest BCUT2D eigenvalue weighted by atomic mass is 31.2. The zero-order valence-corrected chi connectivity index (χ0v) is 11.9. The molecule has 110 valence electrons. The number of carbonyl (C=O) groups excluding carboxylic acids is 1. The quantitative estimate of drug-likeness (QED) is 0.728. The van der Waals surface area contributed by atoms with Crippen molar-refractivity contribution in [2.45, 2.75) is 0 Å². The molecule has 3 N–H and O–H groups in total. The summed E-state index contributed by atoms with van der Waals surface area (Å²) in [6.45, 7) is -0.341. The van der Waals surface area contributed by atoms with E-state index < -0.39 is 13.5 Å². The Morgan fingerprint density at radius 2 is 1.67 bits per heavy atom. The second kappa shape index (κ2) is 6.54. The van der Waals surface area contributed by atoms with Gasteiger partial charge in [-0.25, -0.2) is 0 Å². The summed E-state index contributed by atoms with van der Waals surface area (Å²) in [5.41, 5.74) is 0.620. The second-order valence-corrected chi connectivity index (χ2v) is 5.78. The van der Waals surface area contributed by atoms with E-state index in [-0.39, 0.29) is 17.7 Å². The molecule has 0 fully saturated rings. The van der Waals surface area contributed by atoms with E-state index in [1.165, 1.54) is 18.2 Å². The van der Waals surface area contributed by atoms with Crippen molar-refractivity contribution in [1.29, 1.82) is 0 Å². The van der Waals surface area contributed by atoms with Crippen LogP contribution in [0.2, 0.25) is 0 Å². The largest absolute Gasteiger partial charge is 0.483 e. The Morgan fingerprint density at radius 3 is 2.33 bits per heavy atom. The summed E-state index contributed by atoms with van der Waals surface area (Å²) in [6, 6.07) is 14.6. The molecular weight excluding hydrogens is 293 g/mol. The first-order valence-electron chi connectivity index (χ1n) is 6.09. The number of ether oxygens (including phenoxy) is 1. The van der Waals surface area contributed by atoms with Gasteiger partial charge < -0.3 is 19.8 Å². The molecule has 0 saturated heterocycles. The van der Waals surface area contributed by atoms with Crippen LogP contribution in [0.25, 0.3) is 0 Å². The molecule has 2 aromatic carbocycles. The number of hydrogen-bond acceptors (Lipinski definition) is 3. The van der Waals surface area contributed by atoms with Crippen LogP contribution in [0.15, 0.2) is 54.6 Å². The number of benzene rings is 2. The Balaban J connectivity index is 2.01. The second-order valence-electron chi connectivity index (χ2n) is 4.21. The number of rotatable bonds is 5. The molecule has 0 heterocycles. The third-order valence-corrected chi connectivity index (χ3v) is 3.59. The zero-order chi connectivity index (χ0) is 15.3. The van der Waals surface area contributed by atoms with Crippen molar-refractivity contribution in [3.8, 4) is 5.75 Å². The Morgan fingerprint density at radius 1 is 1.05 bits per heavy atom. The average molecular weight is 307 g/mol. The van der Waals surface area contributed by atoms with Gasteiger partial charge in [-0.3, -0.25) is 9.36 Å². The van der Waals surface area contributed by atoms with E-state index in [1.54, 1.807) is 30.3 Å². The van der Waals surface area contributed by atoms with Crippen LogP contribution in [0.5, 0.6) is 5.75 Å². The summed E-state index contributed by atoms with van der Waals surface area (Å²) < 4.78 is 16.5. The maximum atomic E-state index is 11.7. The molecule has 0 bridgehead atoms. The Bertz CT molecular complexity index is 668. The molecule has 21 heavy (non-hydrogen) atoms. The van der Waals surface area contributed by atoms with Gasteiger partial charge in [-0.1, -0.05) is 30.3 Å². The number of nitrogens with one attached hydrogen (secondary N) is 1. The number of para-hydroxylation sites is 2. The lowest BCUT2D eigenvalue weighted by molar-refractivity contribution is -0.118. The van der Waals surface area contributed by atoms with Crippen LogP contribution in [-0.4, -0.2) is 22.3 Å². The molecule has 0 unspecified atom stereocenters. The number of hydrogen-bond donors (Lipinski definition) is 3. The molecule has 6 nitrogen and oxygen atoms in total. The molecule has 0 aliphatic rings. The molecule has 2 aromatic rings. The minimum atomic E-state index is -4.44. The highest BCUT2D eigenvalue weighted by Crippen LogP contribution is 2.37.